The molecule has 0 saturated heterocycles. The molecule has 4 heteroatoms. The molecule has 0 aliphatic carbocycles. The Hall–Kier alpha value is -2.82. The van der Waals surface area contributed by atoms with Gasteiger partial charge in [0, 0.05) is 12.7 Å². The van der Waals surface area contributed by atoms with Gasteiger partial charge in [-0.3, -0.25) is 0 Å². The Balaban J connectivity index is 1.32. The molecule has 0 amide bonds. The van der Waals surface area contributed by atoms with E-state index in [0.29, 0.717) is 0 Å². The fourth-order valence-electron chi connectivity index (χ4n) is 3.10. The normalized spacial score (nSPS) is 10.9. The van der Waals surface area contributed by atoms with Crippen LogP contribution in [0.3, 0.4) is 0 Å². The molecule has 1 heterocycles. The molecule has 0 radical (unpaired) electrons. The van der Waals surface area contributed by atoms with Gasteiger partial charge < -0.3 is 5.32 Å². The second-order valence-corrected chi connectivity index (χ2v) is 7.73. The van der Waals surface area contributed by atoms with Gasteiger partial charge in [-0.15, -0.1) is 11.3 Å². The smallest absolute Gasteiger partial charge is 0.123 e. The summed E-state index contributed by atoms with van der Waals surface area (Å²) >= 11 is 1.70. The van der Waals surface area contributed by atoms with E-state index < -0.39 is 0 Å². The molecule has 28 heavy (non-hydrogen) atoms. The topological polar surface area (TPSA) is 24.9 Å². The molecule has 0 atom stereocenters. The van der Waals surface area contributed by atoms with Gasteiger partial charge in [0.25, 0.3) is 0 Å². The molecule has 2 nitrogen and oxygen atoms in total. The second kappa shape index (κ2) is 8.91. The lowest BCUT2D eigenvalue weighted by Crippen LogP contribution is -2.16. The van der Waals surface area contributed by atoms with Crippen molar-refractivity contribution in [3.8, 4) is 21.6 Å². The van der Waals surface area contributed by atoms with Crippen LogP contribution in [0.1, 0.15) is 10.6 Å². The number of hydrogen-bond acceptors (Lipinski definition) is 3. The van der Waals surface area contributed by atoms with E-state index in [1.807, 2.05) is 18.3 Å². The first kappa shape index (κ1) is 18.5. The van der Waals surface area contributed by atoms with Crippen LogP contribution in [-0.2, 0) is 13.0 Å². The van der Waals surface area contributed by atoms with Crippen LogP contribution in [-0.4, -0.2) is 11.5 Å². The molecule has 4 rings (SSSR count). The lowest BCUT2D eigenvalue weighted by molar-refractivity contribution is 0.622. The molecule has 0 spiro atoms. The van der Waals surface area contributed by atoms with Crippen LogP contribution in [0.5, 0.6) is 0 Å². The zero-order valence-corrected chi connectivity index (χ0v) is 16.3. The fourth-order valence-corrected chi connectivity index (χ4v) is 4.00. The van der Waals surface area contributed by atoms with Crippen molar-refractivity contribution in [1.82, 2.24) is 10.3 Å². The molecule has 0 saturated carbocycles. The minimum atomic E-state index is -0.180. The van der Waals surface area contributed by atoms with Crippen LogP contribution >= 0.6 is 11.3 Å². The van der Waals surface area contributed by atoms with Gasteiger partial charge in [0.1, 0.15) is 10.8 Å². The number of thiazole rings is 1. The maximum atomic E-state index is 13.2. The SMILES string of the molecule is Fc1cccc(CCNCc2ncc(-c3ccc(-c4ccccc4)cc3)s2)c1. The van der Waals surface area contributed by atoms with Crippen LogP contribution in [0.2, 0.25) is 0 Å². The van der Waals surface area contributed by atoms with Crippen LogP contribution in [0.15, 0.2) is 85.1 Å². The van der Waals surface area contributed by atoms with E-state index in [4.69, 9.17) is 0 Å². The van der Waals surface area contributed by atoms with E-state index in [1.54, 1.807) is 23.5 Å². The van der Waals surface area contributed by atoms with Crippen molar-refractivity contribution < 1.29 is 4.39 Å². The minimum Gasteiger partial charge on any atom is -0.310 e. The third kappa shape index (κ3) is 4.71. The number of benzene rings is 3. The number of rotatable bonds is 7. The highest BCUT2D eigenvalue weighted by molar-refractivity contribution is 7.15. The number of halogens is 1. The predicted molar refractivity (Wildman–Crippen MR) is 115 cm³/mol. The highest BCUT2D eigenvalue weighted by Crippen LogP contribution is 2.28. The van der Waals surface area contributed by atoms with Crippen molar-refractivity contribution in [1.29, 1.82) is 0 Å². The summed E-state index contributed by atoms with van der Waals surface area (Å²) in [6, 6.07) is 25.7. The third-order valence-electron chi connectivity index (χ3n) is 4.59. The first-order valence-electron chi connectivity index (χ1n) is 9.34. The Labute approximate surface area is 168 Å². The molecule has 1 N–H and O–H groups in total. The Morgan fingerprint density at radius 1 is 0.821 bits per heavy atom. The van der Waals surface area contributed by atoms with Gasteiger partial charge in [0.15, 0.2) is 0 Å². The fraction of sp³-hybridized carbons (Fsp3) is 0.125. The standard InChI is InChI=1S/C24H21FN2S/c25-22-8-4-5-18(15-22)13-14-26-17-24-27-16-23(28-24)21-11-9-20(10-12-21)19-6-2-1-3-7-19/h1-12,15-16,26H,13-14,17H2. The number of hydrogen-bond donors (Lipinski definition) is 1. The van der Waals surface area contributed by atoms with Gasteiger partial charge >= 0.3 is 0 Å². The van der Waals surface area contributed by atoms with Crippen LogP contribution in [0, 0.1) is 5.82 Å². The highest BCUT2D eigenvalue weighted by Gasteiger charge is 2.05. The number of aromatic nitrogens is 1. The quantitative estimate of drug-likeness (QED) is 0.396. The van der Waals surface area contributed by atoms with Crippen LogP contribution in [0.4, 0.5) is 4.39 Å². The Morgan fingerprint density at radius 3 is 2.36 bits per heavy atom. The van der Waals surface area contributed by atoms with Gasteiger partial charge in [0.2, 0.25) is 0 Å². The van der Waals surface area contributed by atoms with E-state index in [-0.39, 0.29) is 5.82 Å². The molecule has 0 fully saturated rings. The summed E-state index contributed by atoms with van der Waals surface area (Å²) in [5.74, 6) is -0.180. The number of nitrogens with one attached hydrogen (secondary N) is 1. The maximum absolute atomic E-state index is 13.2. The average molecular weight is 389 g/mol. The molecule has 4 aromatic rings. The van der Waals surface area contributed by atoms with Crippen LogP contribution in [0.25, 0.3) is 21.6 Å². The van der Waals surface area contributed by atoms with Gasteiger partial charge in [-0.25, -0.2) is 9.37 Å². The van der Waals surface area contributed by atoms with E-state index in [9.17, 15) is 4.39 Å². The Morgan fingerprint density at radius 2 is 1.57 bits per heavy atom. The Bertz CT molecular complexity index is 1030. The van der Waals surface area contributed by atoms with Crippen molar-refractivity contribution in [3.05, 3.63) is 101 Å². The van der Waals surface area contributed by atoms with Gasteiger partial charge in [-0.2, -0.15) is 0 Å². The summed E-state index contributed by atoms with van der Waals surface area (Å²) in [6.45, 7) is 1.52. The van der Waals surface area contributed by atoms with E-state index in [1.165, 1.54) is 27.6 Å². The summed E-state index contributed by atoms with van der Waals surface area (Å²) in [7, 11) is 0. The maximum Gasteiger partial charge on any atom is 0.123 e. The molecular weight excluding hydrogens is 367 g/mol. The third-order valence-corrected chi connectivity index (χ3v) is 5.63. The number of nitrogens with zero attached hydrogens (tertiary/aromatic N) is 1. The predicted octanol–water partition coefficient (Wildman–Crippen LogP) is 5.95. The largest absolute Gasteiger partial charge is 0.310 e. The van der Waals surface area contributed by atoms with Gasteiger partial charge in [-0.05, 0) is 47.4 Å². The van der Waals surface area contributed by atoms with Crippen molar-refractivity contribution in [2.75, 3.05) is 6.54 Å². The van der Waals surface area contributed by atoms with Gasteiger partial charge in [-0.1, -0.05) is 66.7 Å². The molecular formula is C24H21FN2S. The summed E-state index contributed by atoms with van der Waals surface area (Å²) in [4.78, 5) is 5.70. The molecule has 0 aliphatic rings. The average Bonchev–Trinajstić information content (AvgIpc) is 3.21. The monoisotopic (exact) mass is 388 g/mol. The van der Waals surface area contributed by atoms with Crippen molar-refractivity contribution >= 4 is 11.3 Å². The molecule has 1 aromatic heterocycles. The molecule has 0 aliphatic heterocycles. The zero-order valence-electron chi connectivity index (χ0n) is 15.4. The first-order chi connectivity index (χ1) is 13.8. The van der Waals surface area contributed by atoms with Crippen molar-refractivity contribution in [3.63, 3.8) is 0 Å². The lowest BCUT2D eigenvalue weighted by atomic mass is 10.0. The van der Waals surface area contributed by atoms with Crippen molar-refractivity contribution in [2.45, 2.75) is 13.0 Å². The summed E-state index contributed by atoms with van der Waals surface area (Å²) in [5, 5.41) is 4.45. The highest BCUT2D eigenvalue weighted by atomic mass is 32.1. The lowest BCUT2D eigenvalue weighted by Gasteiger charge is -2.03. The summed E-state index contributed by atoms with van der Waals surface area (Å²) in [6.07, 6.45) is 2.74. The molecule has 0 bridgehead atoms. The van der Waals surface area contributed by atoms with Crippen molar-refractivity contribution in [2.24, 2.45) is 0 Å². The summed E-state index contributed by atoms with van der Waals surface area (Å²) < 4.78 is 13.2. The van der Waals surface area contributed by atoms with Gasteiger partial charge in [0.05, 0.1) is 4.88 Å². The second-order valence-electron chi connectivity index (χ2n) is 6.62. The van der Waals surface area contributed by atoms with Crippen LogP contribution < -0.4 is 5.32 Å². The van der Waals surface area contributed by atoms with E-state index in [2.05, 4.69) is 58.8 Å². The van der Waals surface area contributed by atoms with E-state index >= 15 is 0 Å². The Kier molecular flexibility index (Phi) is 5.90. The molecule has 3 aromatic carbocycles. The minimum absolute atomic E-state index is 0.180. The molecule has 140 valence electrons. The summed E-state index contributed by atoms with van der Waals surface area (Å²) in [5.41, 5.74) is 4.63. The molecule has 0 unspecified atom stereocenters. The first-order valence-corrected chi connectivity index (χ1v) is 10.2. The van der Waals surface area contributed by atoms with E-state index in [0.717, 1.165) is 30.1 Å². The zero-order chi connectivity index (χ0) is 19.2.